The number of aromatic carboxylic acids is 2. The summed E-state index contributed by atoms with van der Waals surface area (Å²) in [5, 5.41) is 18.0. The predicted molar refractivity (Wildman–Crippen MR) is 80.2 cm³/mol. The quantitative estimate of drug-likeness (QED) is 0.653. The molecule has 110 valence electrons. The van der Waals surface area contributed by atoms with E-state index in [2.05, 4.69) is 0 Å². The van der Waals surface area contributed by atoms with E-state index < -0.39 is 11.9 Å². The molecule has 0 fully saturated rings. The van der Waals surface area contributed by atoms with Gasteiger partial charge in [0.2, 0.25) is 0 Å². The fourth-order valence-electron chi connectivity index (χ4n) is 1.87. The van der Waals surface area contributed by atoms with E-state index in [4.69, 9.17) is 10.2 Å². The molecule has 0 radical (unpaired) electrons. The van der Waals surface area contributed by atoms with Gasteiger partial charge in [-0.15, -0.1) is 0 Å². The molecule has 2 aromatic rings. The zero-order valence-corrected chi connectivity index (χ0v) is 11.4. The van der Waals surface area contributed by atoms with E-state index in [1.54, 1.807) is 30.3 Å². The van der Waals surface area contributed by atoms with Crippen LogP contribution >= 0.6 is 0 Å². The van der Waals surface area contributed by atoms with Gasteiger partial charge in [0.15, 0.2) is 5.78 Å². The van der Waals surface area contributed by atoms with Gasteiger partial charge in [0.25, 0.3) is 0 Å². The molecule has 2 aromatic carbocycles. The van der Waals surface area contributed by atoms with E-state index in [9.17, 15) is 14.4 Å². The molecule has 0 amide bonds. The van der Waals surface area contributed by atoms with Crippen LogP contribution in [0.3, 0.4) is 0 Å². The fourth-order valence-corrected chi connectivity index (χ4v) is 1.87. The molecule has 0 unspecified atom stereocenters. The lowest BCUT2D eigenvalue weighted by atomic mass is 10.0. The lowest BCUT2D eigenvalue weighted by molar-refractivity contribution is 0.0696. The van der Waals surface area contributed by atoms with Crippen molar-refractivity contribution in [1.29, 1.82) is 0 Å². The van der Waals surface area contributed by atoms with E-state index >= 15 is 0 Å². The van der Waals surface area contributed by atoms with E-state index in [1.807, 2.05) is 0 Å². The monoisotopic (exact) mass is 296 g/mol. The Morgan fingerprint density at radius 2 is 1.32 bits per heavy atom. The highest BCUT2D eigenvalue weighted by atomic mass is 16.4. The molecule has 5 heteroatoms. The molecule has 0 spiro atoms. The smallest absolute Gasteiger partial charge is 0.335 e. The Morgan fingerprint density at radius 3 is 1.82 bits per heavy atom. The lowest BCUT2D eigenvalue weighted by Gasteiger charge is -2.01. The molecule has 0 aliphatic heterocycles. The molecule has 0 aliphatic rings. The van der Waals surface area contributed by atoms with Crippen LogP contribution in [0.15, 0.2) is 54.6 Å². The first-order valence-corrected chi connectivity index (χ1v) is 6.36. The maximum atomic E-state index is 11.9. The second-order valence-electron chi connectivity index (χ2n) is 4.52. The maximum absolute atomic E-state index is 11.9. The number of hydrogen-bond donors (Lipinski definition) is 2. The molecular formula is C17H12O5. The molecule has 0 aliphatic carbocycles. The number of allylic oxidation sites excluding steroid dienone is 1. The van der Waals surface area contributed by atoms with Gasteiger partial charge in [-0.05, 0) is 29.8 Å². The first kappa shape index (κ1) is 15.2. The topological polar surface area (TPSA) is 91.7 Å². The number of carbonyl (C=O) groups is 3. The highest BCUT2D eigenvalue weighted by Gasteiger charge is 2.10. The summed E-state index contributed by atoms with van der Waals surface area (Å²) in [6.45, 7) is 0. The van der Waals surface area contributed by atoms with Crippen LogP contribution in [0.1, 0.15) is 36.6 Å². The number of carbonyl (C=O) groups excluding carboxylic acids is 1. The van der Waals surface area contributed by atoms with Gasteiger partial charge in [-0.2, -0.15) is 0 Å². The van der Waals surface area contributed by atoms with Crippen molar-refractivity contribution in [2.45, 2.75) is 0 Å². The summed E-state index contributed by atoms with van der Waals surface area (Å²) in [5.74, 6) is -2.71. The van der Waals surface area contributed by atoms with Crippen LogP contribution in [-0.4, -0.2) is 27.9 Å². The third kappa shape index (κ3) is 3.67. The lowest BCUT2D eigenvalue weighted by Crippen LogP contribution is -2.03. The van der Waals surface area contributed by atoms with Crippen molar-refractivity contribution < 1.29 is 24.6 Å². The Bertz CT molecular complexity index is 728. The summed E-state index contributed by atoms with van der Waals surface area (Å²) in [4.78, 5) is 33.9. The fraction of sp³-hybridized carbons (Fsp3) is 0. The molecule has 22 heavy (non-hydrogen) atoms. The van der Waals surface area contributed by atoms with E-state index in [0.717, 1.165) is 6.07 Å². The summed E-state index contributed by atoms with van der Waals surface area (Å²) >= 11 is 0. The molecule has 0 saturated heterocycles. The molecule has 2 rings (SSSR count). The average Bonchev–Trinajstić information content (AvgIpc) is 2.53. The Balaban J connectivity index is 2.32. The average molecular weight is 296 g/mol. The number of ketones is 1. The molecular weight excluding hydrogens is 284 g/mol. The van der Waals surface area contributed by atoms with Crippen molar-refractivity contribution in [2.75, 3.05) is 0 Å². The Kier molecular flexibility index (Phi) is 4.48. The van der Waals surface area contributed by atoms with Gasteiger partial charge in [-0.25, -0.2) is 9.59 Å². The molecule has 2 N–H and O–H groups in total. The first-order valence-electron chi connectivity index (χ1n) is 6.36. The van der Waals surface area contributed by atoms with Crippen LogP contribution in [0.2, 0.25) is 0 Å². The minimum Gasteiger partial charge on any atom is -0.478 e. The number of carboxylic acids is 2. The van der Waals surface area contributed by atoms with Gasteiger partial charge in [-0.3, -0.25) is 4.79 Å². The second kappa shape index (κ2) is 6.49. The van der Waals surface area contributed by atoms with Crippen molar-refractivity contribution in [1.82, 2.24) is 0 Å². The van der Waals surface area contributed by atoms with E-state index in [-0.39, 0.29) is 16.9 Å². The standard InChI is InChI=1S/C17H12O5/c18-15(12-4-2-1-3-5-12)7-6-11-8-13(16(19)20)10-14(9-11)17(21)22/h1-10H,(H,19,20)(H,21,22)/b7-6+. The molecule has 5 nitrogen and oxygen atoms in total. The van der Waals surface area contributed by atoms with Gasteiger partial charge in [0, 0.05) is 5.56 Å². The van der Waals surface area contributed by atoms with Crippen molar-refractivity contribution in [3.05, 3.63) is 76.9 Å². The van der Waals surface area contributed by atoms with Crippen LogP contribution < -0.4 is 0 Å². The third-order valence-electron chi connectivity index (χ3n) is 2.93. The summed E-state index contributed by atoms with van der Waals surface area (Å²) in [6, 6.07) is 12.2. The van der Waals surface area contributed by atoms with Crippen LogP contribution in [0.4, 0.5) is 0 Å². The first-order chi connectivity index (χ1) is 10.5. The Labute approximate surface area is 126 Å². The Morgan fingerprint density at radius 1 is 0.773 bits per heavy atom. The highest BCUT2D eigenvalue weighted by Crippen LogP contribution is 2.13. The number of hydrogen-bond acceptors (Lipinski definition) is 3. The zero-order chi connectivity index (χ0) is 16.1. The predicted octanol–water partition coefficient (Wildman–Crippen LogP) is 2.98. The highest BCUT2D eigenvalue weighted by molar-refractivity contribution is 6.07. The molecule has 0 aromatic heterocycles. The Hall–Kier alpha value is -3.21. The van der Waals surface area contributed by atoms with Crippen LogP contribution in [-0.2, 0) is 0 Å². The van der Waals surface area contributed by atoms with E-state index in [0.29, 0.717) is 11.1 Å². The third-order valence-corrected chi connectivity index (χ3v) is 2.93. The molecule has 0 atom stereocenters. The van der Waals surface area contributed by atoms with E-state index in [1.165, 1.54) is 24.3 Å². The number of rotatable bonds is 5. The minimum atomic E-state index is -1.23. The number of carboxylic acid groups (broad SMARTS) is 2. The summed E-state index contributed by atoms with van der Waals surface area (Å²) in [6.07, 6.45) is 2.68. The van der Waals surface area contributed by atoms with Crippen molar-refractivity contribution in [2.24, 2.45) is 0 Å². The van der Waals surface area contributed by atoms with Gasteiger partial charge < -0.3 is 10.2 Å². The summed E-state index contributed by atoms with van der Waals surface area (Å²) in [5.41, 5.74) is 0.534. The van der Waals surface area contributed by atoms with Crippen molar-refractivity contribution in [3.63, 3.8) is 0 Å². The second-order valence-corrected chi connectivity index (χ2v) is 4.52. The zero-order valence-electron chi connectivity index (χ0n) is 11.4. The SMILES string of the molecule is O=C(O)c1cc(/C=C/C(=O)c2ccccc2)cc(C(=O)O)c1. The van der Waals surface area contributed by atoms with Crippen molar-refractivity contribution >= 4 is 23.8 Å². The van der Waals surface area contributed by atoms with Crippen molar-refractivity contribution in [3.8, 4) is 0 Å². The van der Waals surface area contributed by atoms with Gasteiger partial charge in [0.05, 0.1) is 11.1 Å². The van der Waals surface area contributed by atoms with Crippen LogP contribution in [0.5, 0.6) is 0 Å². The summed E-state index contributed by atoms with van der Waals surface area (Å²) < 4.78 is 0. The van der Waals surface area contributed by atoms with Gasteiger partial charge in [-0.1, -0.05) is 36.4 Å². The van der Waals surface area contributed by atoms with Crippen LogP contribution in [0, 0.1) is 0 Å². The largest absolute Gasteiger partial charge is 0.478 e. The summed E-state index contributed by atoms with van der Waals surface area (Å²) in [7, 11) is 0. The van der Waals surface area contributed by atoms with Gasteiger partial charge in [0.1, 0.15) is 0 Å². The maximum Gasteiger partial charge on any atom is 0.335 e. The normalized spacial score (nSPS) is 10.5. The molecule has 0 bridgehead atoms. The van der Waals surface area contributed by atoms with Gasteiger partial charge >= 0.3 is 11.9 Å². The minimum absolute atomic E-state index is 0.147. The van der Waals surface area contributed by atoms with Crippen LogP contribution in [0.25, 0.3) is 6.08 Å². The number of benzene rings is 2. The molecule has 0 heterocycles. The molecule has 0 saturated carbocycles.